The lowest BCUT2D eigenvalue weighted by molar-refractivity contribution is -0.140. The highest BCUT2D eigenvalue weighted by Gasteiger charge is 2.37. The van der Waals surface area contributed by atoms with Gasteiger partial charge in [0.25, 0.3) is 17.7 Å². The second kappa shape index (κ2) is 14.8. The van der Waals surface area contributed by atoms with Gasteiger partial charge in [0.05, 0.1) is 64.8 Å². The van der Waals surface area contributed by atoms with Gasteiger partial charge in [-0.3, -0.25) is 33.6 Å². The number of nitrogens with zero attached hydrogens (tertiary/aromatic N) is 3. The number of ether oxygens (including phenoxy) is 4. The summed E-state index contributed by atoms with van der Waals surface area (Å²) in [5.74, 6) is -5.67. The maximum atomic E-state index is 13.5. The van der Waals surface area contributed by atoms with Crippen molar-refractivity contribution in [3.05, 3.63) is 82.1 Å². The van der Waals surface area contributed by atoms with Crippen molar-refractivity contribution in [3.63, 3.8) is 0 Å². The lowest BCUT2D eigenvalue weighted by atomic mass is 10.1. The summed E-state index contributed by atoms with van der Waals surface area (Å²) in [4.78, 5) is 105. The fourth-order valence-electron chi connectivity index (χ4n) is 5.28. The normalized spacial score (nSPS) is 14.0. The minimum Gasteiger partial charge on any atom is -0.491 e. The molecule has 264 valence electrons. The third-order valence-electron chi connectivity index (χ3n) is 7.85. The number of methoxy groups -OCH3 is 4. The quantitative estimate of drug-likeness (QED) is 0.153. The summed E-state index contributed by atoms with van der Waals surface area (Å²) in [7, 11) is 4.91. The van der Waals surface area contributed by atoms with Crippen molar-refractivity contribution in [1.82, 2.24) is 0 Å². The Hall–Kier alpha value is -6.78. The molecule has 17 heteroatoms. The van der Waals surface area contributed by atoms with Crippen molar-refractivity contribution in [1.29, 1.82) is 0 Å². The van der Waals surface area contributed by atoms with E-state index in [1.807, 2.05) is 0 Å². The number of anilines is 4. The van der Waals surface area contributed by atoms with Crippen LogP contribution in [0.1, 0.15) is 23.2 Å². The molecule has 2 aliphatic rings. The van der Waals surface area contributed by atoms with Crippen LogP contribution in [-0.4, -0.2) is 83.0 Å². The molecule has 3 aromatic rings. The first-order valence-corrected chi connectivity index (χ1v) is 15.1. The molecular formula is C34H30N4O13. The minimum atomic E-state index is -1.03. The zero-order valence-electron chi connectivity index (χ0n) is 27.7. The summed E-state index contributed by atoms with van der Waals surface area (Å²) >= 11 is 0. The van der Waals surface area contributed by atoms with Crippen LogP contribution in [0.3, 0.4) is 0 Å². The molecule has 0 fully saturated rings. The van der Waals surface area contributed by atoms with E-state index < -0.39 is 52.7 Å². The number of fused-ring (bicyclic) bond motifs is 1. The first-order valence-electron chi connectivity index (χ1n) is 15.1. The Morgan fingerprint density at radius 1 is 0.725 bits per heavy atom. The van der Waals surface area contributed by atoms with Crippen LogP contribution < -0.4 is 25.6 Å². The van der Waals surface area contributed by atoms with Crippen LogP contribution in [0.4, 0.5) is 22.7 Å². The Bertz CT molecular complexity index is 2030. The number of rotatable bonds is 13. The van der Waals surface area contributed by atoms with Gasteiger partial charge >= 0.3 is 29.4 Å². The van der Waals surface area contributed by atoms with Gasteiger partial charge in [-0.1, -0.05) is 0 Å². The predicted octanol–water partition coefficient (Wildman–Crippen LogP) is 1.78. The molecule has 0 saturated heterocycles. The van der Waals surface area contributed by atoms with Gasteiger partial charge < -0.3 is 33.6 Å². The van der Waals surface area contributed by atoms with Gasteiger partial charge in [0.1, 0.15) is 11.1 Å². The fraction of sp³-hybridized carbons (Fsp3) is 0.235. The van der Waals surface area contributed by atoms with Gasteiger partial charge in [-0.25, -0.2) is 14.6 Å². The van der Waals surface area contributed by atoms with Crippen molar-refractivity contribution < 1.29 is 56.9 Å². The van der Waals surface area contributed by atoms with Gasteiger partial charge in [0.15, 0.2) is 11.5 Å². The minimum absolute atomic E-state index is 0.00988. The third kappa shape index (κ3) is 7.31. The van der Waals surface area contributed by atoms with Crippen molar-refractivity contribution in [2.45, 2.75) is 12.8 Å². The maximum Gasteiger partial charge on any atom is 0.349 e. The molecule has 0 bridgehead atoms. The highest BCUT2D eigenvalue weighted by Crippen LogP contribution is 2.34. The maximum absolute atomic E-state index is 13.5. The Morgan fingerprint density at radius 2 is 1.25 bits per heavy atom. The van der Waals surface area contributed by atoms with E-state index in [-0.39, 0.29) is 60.1 Å². The van der Waals surface area contributed by atoms with Gasteiger partial charge in [-0.2, -0.15) is 0 Å². The van der Waals surface area contributed by atoms with Gasteiger partial charge in [0, 0.05) is 35.9 Å². The number of benzene rings is 2. The highest BCUT2D eigenvalue weighted by molar-refractivity contribution is 6.32. The number of hydrogen-bond donors (Lipinski definition) is 1. The summed E-state index contributed by atoms with van der Waals surface area (Å²) in [5.41, 5.74) is -1.21. The summed E-state index contributed by atoms with van der Waals surface area (Å²) < 4.78 is 24.8. The molecule has 51 heavy (non-hydrogen) atoms. The molecule has 3 heterocycles. The summed E-state index contributed by atoms with van der Waals surface area (Å²) in [5, 5.41) is 2.85. The SMILES string of the molecule is COC(=O)CCN(CCC(=O)OC)c1ccc2cc(C(=O)Nc3cc(N4C(=O)C=C(OC)C4=O)cc(N4C(=O)C=C(OC)C4=O)c3)c(=O)oc2c1. The number of imide groups is 2. The van der Waals surface area contributed by atoms with E-state index in [0.717, 1.165) is 22.0 Å². The molecule has 0 atom stereocenters. The van der Waals surface area contributed by atoms with Crippen LogP contribution in [0.2, 0.25) is 0 Å². The Balaban J connectivity index is 1.47. The number of hydrogen-bond acceptors (Lipinski definition) is 14. The molecule has 0 spiro atoms. The molecule has 0 aliphatic carbocycles. The van der Waals surface area contributed by atoms with Crippen LogP contribution in [0.15, 0.2) is 75.3 Å². The molecule has 0 unspecified atom stereocenters. The van der Waals surface area contributed by atoms with Crippen molar-refractivity contribution in [2.24, 2.45) is 0 Å². The molecule has 1 N–H and O–H groups in total. The van der Waals surface area contributed by atoms with Crippen LogP contribution >= 0.6 is 0 Å². The number of amides is 5. The second-order valence-electron chi connectivity index (χ2n) is 10.9. The lowest BCUT2D eigenvalue weighted by Gasteiger charge is -2.24. The van der Waals surface area contributed by atoms with Crippen LogP contribution in [0.5, 0.6) is 0 Å². The predicted molar refractivity (Wildman–Crippen MR) is 178 cm³/mol. The van der Waals surface area contributed by atoms with E-state index in [9.17, 15) is 38.4 Å². The van der Waals surface area contributed by atoms with E-state index in [4.69, 9.17) is 23.4 Å². The molecular weight excluding hydrogens is 672 g/mol. The zero-order chi connectivity index (χ0) is 37.0. The molecule has 0 radical (unpaired) electrons. The molecule has 5 rings (SSSR count). The number of nitrogens with one attached hydrogen (secondary N) is 1. The standard InChI is InChI=1S/C34H30N4O13/c1-47-25-16-27(39)37(32(25)44)21-12-19(13-22(14-21)38-28(40)17-26(48-2)33(38)45)35-31(43)23-11-18-5-6-20(15-24(18)51-34(23)46)36(9-7-29(41)49-3)10-8-30(42)50-4/h5-6,11-17H,7-10H2,1-4H3,(H,35,43). The number of carbonyl (C=O) groups is 7. The largest absolute Gasteiger partial charge is 0.491 e. The number of esters is 2. The molecule has 0 saturated carbocycles. The first kappa shape index (κ1) is 35.5. The van der Waals surface area contributed by atoms with Crippen molar-refractivity contribution >= 4 is 75.2 Å². The van der Waals surface area contributed by atoms with E-state index in [1.165, 1.54) is 58.8 Å². The highest BCUT2D eigenvalue weighted by atomic mass is 16.5. The number of carbonyl (C=O) groups excluding carboxylic acids is 7. The smallest absolute Gasteiger partial charge is 0.349 e. The molecule has 1 aromatic heterocycles. The molecule has 5 amide bonds. The third-order valence-corrected chi connectivity index (χ3v) is 7.85. The Morgan fingerprint density at radius 3 is 1.73 bits per heavy atom. The van der Waals surface area contributed by atoms with Crippen LogP contribution in [0.25, 0.3) is 11.0 Å². The Kier molecular flexibility index (Phi) is 10.3. The van der Waals surface area contributed by atoms with E-state index in [0.29, 0.717) is 11.1 Å². The average Bonchev–Trinajstić information content (AvgIpc) is 3.58. The van der Waals surface area contributed by atoms with Crippen molar-refractivity contribution in [3.8, 4) is 0 Å². The second-order valence-corrected chi connectivity index (χ2v) is 10.9. The fourth-order valence-corrected chi connectivity index (χ4v) is 5.28. The summed E-state index contributed by atoms with van der Waals surface area (Å²) in [6, 6.07) is 9.68. The monoisotopic (exact) mass is 702 g/mol. The van der Waals surface area contributed by atoms with Gasteiger partial charge in [0.2, 0.25) is 0 Å². The summed E-state index contributed by atoms with van der Waals surface area (Å²) in [6.45, 7) is 0.353. The molecule has 17 nitrogen and oxygen atoms in total. The van der Waals surface area contributed by atoms with E-state index in [1.54, 1.807) is 17.0 Å². The van der Waals surface area contributed by atoms with Crippen molar-refractivity contribution in [2.75, 3.05) is 61.5 Å². The van der Waals surface area contributed by atoms with Gasteiger partial charge in [-0.05, 0) is 36.4 Å². The lowest BCUT2D eigenvalue weighted by Crippen LogP contribution is -2.33. The zero-order valence-corrected chi connectivity index (χ0v) is 27.7. The van der Waals surface area contributed by atoms with Gasteiger partial charge in [-0.15, -0.1) is 0 Å². The summed E-state index contributed by atoms with van der Waals surface area (Å²) in [6.07, 6.45) is 1.92. The first-order chi connectivity index (χ1) is 24.4. The molecule has 2 aromatic carbocycles. The van der Waals surface area contributed by atoms with E-state index >= 15 is 0 Å². The Labute approximate surface area is 288 Å². The average molecular weight is 703 g/mol. The van der Waals surface area contributed by atoms with E-state index in [2.05, 4.69) is 5.32 Å². The molecule has 2 aliphatic heterocycles. The topological polar surface area (TPSA) is 208 Å². The van der Waals surface area contributed by atoms with Crippen LogP contribution in [0, 0.1) is 0 Å². The van der Waals surface area contributed by atoms with Crippen LogP contribution in [-0.2, 0) is 47.7 Å².